The number of pyridine rings is 2. The lowest BCUT2D eigenvalue weighted by Crippen LogP contribution is -2.38. The number of nitrogens with zero attached hydrogens (tertiary/aromatic N) is 3. The van der Waals surface area contributed by atoms with Gasteiger partial charge in [-0.15, -0.1) is 0 Å². The van der Waals surface area contributed by atoms with E-state index in [9.17, 15) is 9.90 Å². The molecule has 2 aliphatic rings. The van der Waals surface area contributed by atoms with Crippen LogP contribution in [0.25, 0.3) is 11.3 Å². The first kappa shape index (κ1) is 23.3. The molecule has 6 heteroatoms. The SMILES string of the molecule is Cc1ncc(-c2ccc(OC3Cc4ccccc4C3)cn2)c(N2CCC(C)(C)CC2)c1CC(=O)O. The number of benzene rings is 1. The first-order chi connectivity index (χ1) is 16.8. The summed E-state index contributed by atoms with van der Waals surface area (Å²) in [6, 6.07) is 12.4. The Morgan fingerprint density at radius 3 is 2.34 bits per heavy atom. The predicted molar refractivity (Wildman–Crippen MR) is 137 cm³/mol. The van der Waals surface area contributed by atoms with Gasteiger partial charge in [0.25, 0.3) is 0 Å². The van der Waals surface area contributed by atoms with E-state index in [1.54, 1.807) is 6.20 Å². The Morgan fingerprint density at radius 1 is 1.06 bits per heavy atom. The highest BCUT2D eigenvalue weighted by Crippen LogP contribution is 2.39. The molecular weight excluding hydrogens is 438 g/mol. The molecule has 0 atom stereocenters. The molecule has 0 unspecified atom stereocenters. The highest BCUT2D eigenvalue weighted by atomic mass is 16.5. The number of aromatic nitrogens is 2. The standard InChI is InChI=1S/C29H33N3O3/c1-19-24(16-27(33)34)28(32-12-10-29(2,3)11-13-32)25(18-30-19)26-9-8-22(17-31-26)35-23-14-20-6-4-5-7-21(20)15-23/h4-9,17-18,23H,10-16H2,1-3H3,(H,33,34). The van der Waals surface area contributed by atoms with E-state index in [4.69, 9.17) is 9.72 Å². The molecule has 1 aliphatic heterocycles. The van der Waals surface area contributed by atoms with Gasteiger partial charge in [-0.05, 0) is 48.4 Å². The number of carboxylic acid groups (broad SMARTS) is 1. The highest BCUT2D eigenvalue weighted by Gasteiger charge is 2.29. The number of hydrogen-bond donors (Lipinski definition) is 1. The molecule has 0 spiro atoms. The van der Waals surface area contributed by atoms with Gasteiger partial charge in [-0.1, -0.05) is 38.1 Å². The quantitative estimate of drug-likeness (QED) is 0.529. The monoisotopic (exact) mass is 471 g/mol. The zero-order valence-electron chi connectivity index (χ0n) is 20.8. The molecule has 6 nitrogen and oxygen atoms in total. The molecule has 1 N–H and O–H groups in total. The van der Waals surface area contributed by atoms with E-state index in [0.717, 1.165) is 72.7 Å². The molecule has 35 heavy (non-hydrogen) atoms. The summed E-state index contributed by atoms with van der Waals surface area (Å²) in [6.45, 7) is 8.26. The van der Waals surface area contributed by atoms with Crippen LogP contribution >= 0.6 is 0 Å². The minimum atomic E-state index is -0.847. The van der Waals surface area contributed by atoms with Gasteiger partial charge in [0.15, 0.2) is 0 Å². The summed E-state index contributed by atoms with van der Waals surface area (Å²) < 4.78 is 6.25. The molecular formula is C29H33N3O3. The fraction of sp³-hybridized carbons (Fsp3) is 0.414. The number of ether oxygens (including phenoxy) is 1. The lowest BCUT2D eigenvalue weighted by Gasteiger charge is -2.40. The lowest BCUT2D eigenvalue weighted by molar-refractivity contribution is -0.136. The van der Waals surface area contributed by atoms with Crippen molar-refractivity contribution in [3.05, 3.63) is 71.2 Å². The van der Waals surface area contributed by atoms with Crippen molar-refractivity contribution >= 4 is 11.7 Å². The average Bonchev–Trinajstić information content (AvgIpc) is 3.23. The molecule has 5 rings (SSSR count). The van der Waals surface area contributed by atoms with Crippen LogP contribution in [-0.4, -0.2) is 40.2 Å². The summed E-state index contributed by atoms with van der Waals surface area (Å²) >= 11 is 0. The van der Waals surface area contributed by atoms with Crippen molar-refractivity contribution < 1.29 is 14.6 Å². The van der Waals surface area contributed by atoms with Crippen LogP contribution in [0, 0.1) is 12.3 Å². The zero-order valence-corrected chi connectivity index (χ0v) is 20.8. The molecule has 0 bridgehead atoms. The van der Waals surface area contributed by atoms with Gasteiger partial charge < -0.3 is 14.7 Å². The van der Waals surface area contributed by atoms with Crippen LogP contribution in [-0.2, 0) is 24.1 Å². The van der Waals surface area contributed by atoms with Gasteiger partial charge in [-0.3, -0.25) is 14.8 Å². The van der Waals surface area contributed by atoms with Gasteiger partial charge in [0.05, 0.1) is 24.0 Å². The van der Waals surface area contributed by atoms with Gasteiger partial charge in [0, 0.05) is 48.9 Å². The van der Waals surface area contributed by atoms with Crippen molar-refractivity contribution in [2.45, 2.75) is 59.0 Å². The maximum atomic E-state index is 11.7. The fourth-order valence-electron chi connectivity index (χ4n) is 5.29. The van der Waals surface area contributed by atoms with Gasteiger partial charge in [-0.2, -0.15) is 0 Å². The van der Waals surface area contributed by atoms with E-state index in [0.29, 0.717) is 5.41 Å². The molecule has 0 saturated carbocycles. The van der Waals surface area contributed by atoms with Gasteiger partial charge in [-0.25, -0.2) is 0 Å². The van der Waals surface area contributed by atoms with Crippen molar-refractivity contribution in [2.24, 2.45) is 5.41 Å². The maximum Gasteiger partial charge on any atom is 0.307 e. The van der Waals surface area contributed by atoms with Crippen molar-refractivity contribution in [1.82, 2.24) is 9.97 Å². The number of fused-ring (bicyclic) bond motifs is 1. The van der Waals surface area contributed by atoms with E-state index in [1.807, 2.05) is 25.3 Å². The number of aryl methyl sites for hydroxylation is 1. The smallest absolute Gasteiger partial charge is 0.307 e. The van der Waals surface area contributed by atoms with Crippen molar-refractivity contribution in [3.8, 4) is 17.0 Å². The Bertz CT molecular complexity index is 1200. The molecule has 1 fully saturated rings. The number of carbonyl (C=O) groups is 1. The summed E-state index contributed by atoms with van der Waals surface area (Å²) in [4.78, 5) is 23.3. The number of piperidine rings is 1. The van der Waals surface area contributed by atoms with Crippen molar-refractivity contribution in [2.75, 3.05) is 18.0 Å². The average molecular weight is 472 g/mol. The maximum absolute atomic E-state index is 11.7. The lowest BCUT2D eigenvalue weighted by atomic mass is 9.82. The zero-order chi connectivity index (χ0) is 24.6. The van der Waals surface area contributed by atoms with Crippen LogP contribution in [0.15, 0.2) is 48.8 Å². The van der Waals surface area contributed by atoms with E-state index in [-0.39, 0.29) is 12.5 Å². The van der Waals surface area contributed by atoms with Crippen molar-refractivity contribution in [1.29, 1.82) is 0 Å². The van der Waals surface area contributed by atoms with E-state index in [1.165, 1.54) is 11.1 Å². The normalized spacial score (nSPS) is 17.3. The first-order valence-corrected chi connectivity index (χ1v) is 12.4. The number of hydrogen-bond acceptors (Lipinski definition) is 5. The Kier molecular flexibility index (Phi) is 6.22. The topological polar surface area (TPSA) is 75.6 Å². The molecule has 0 radical (unpaired) electrons. The van der Waals surface area contributed by atoms with E-state index < -0.39 is 5.97 Å². The van der Waals surface area contributed by atoms with Crippen LogP contribution in [0.3, 0.4) is 0 Å². The van der Waals surface area contributed by atoms with E-state index >= 15 is 0 Å². The summed E-state index contributed by atoms with van der Waals surface area (Å²) in [5.74, 6) is -0.0986. The van der Waals surface area contributed by atoms with E-state index in [2.05, 4.69) is 48.0 Å². The molecule has 3 aromatic rings. The fourth-order valence-corrected chi connectivity index (χ4v) is 5.29. The molecule has 1 saturated heterocycles. The predicted octanol–water partition coefficient (Wildman–Crippen LogP) is 5.25. The number of anilines is 1. The Hall–Kier alpha value is -3.41. The molecule has 2 aromatic heterocycles. The second-order valence-electron chi connectivity index (χ2n) is 10.6. The Balaban J connectivity index is 1.42. The van der Waals surface area contributed by atoms with Crippen LogP contribution in [0.2, 0.25) is 0 Å². The third kappa shape index (κ3) is 5.02. The number of carboxylic acids is 1. The second-order valence-corrected chi connectivity index (χ2v) is 10.6. The van der Waals surface area contributed by atoms with Crippen LogP contribution in [0.1, 0.15) is 49.1 Å². The molecule has 0 amide bonds. The Morgan fingerprint density at radius 2 is 1.74 bits per heavy atom. The summed E-state index contributed by atoms with van der Waals surface area (Å²) in [5.41, 5.74) is 7.17. The summed E-state index contributed by atoms with van der Waals surface area (Å²) in [6.07, 6.45) is 7.63. The minimum absolute atomic E-state index is 0.0503. The number of rotatable bonds is 6. The van der Waals surface area contributed by atoms with Crippen LogP contribution in [0.4, 0.5) is 5.69 Å². The molecule has 1 aromatic carbocycles. The Labute approximate surface area is 207 Å². The van der Waals surface area contributed by atoms with Crippen LogP contribution < -0.4 is 9.64 Å². The van der Waals surface area contributed by atoms with Crippen LogP contribution in [0.5, 0.6) is 5.75 Å². The van der Waals surface area contributed by atoms with Gasteiger partial charge in [0.1, 0.15) is 11.9 Å². The summed E-state index contributed by atoms with van der Waals surface area (Å²) in [5, 5.41) is 9.62. The molecule has 3 heterocycles. The highest BCUT2D eigenvalue weighted by molar-refractivity contribution is 5.83. The second kappa shape index (κ2) is 9.33. The third-order valence-corrected chi connectivity index (χ3v) is 7.45. The van der Waals surface area contributed by atoms with Gasteiger partial charge in [0.2, 0.25) is 0 Å². The van der Waals surface area contributed by atoms with Crippen molar-refractivity contribution in [3.63, 3.8) is 0 Å². The van der Waals surface area contributed by atoms with Gasteiger partial charge >= 0.3 is 5.97 Å². The molecule has 1 aliphatic carbocycles. The first-order valence-electron chi connectivity index (χ1n) is 12.4. The minimum Gasteiger partial charge on any atom is -0.488 e. The largest absolute Gasteiger partial charge is 0.488 e. The number of aliphatic carboxylic acids is 1. The summed E-state index contributed by atoms with van der Waals surface area (Å²) in [7, 11) is 0. The third-order valence-electron chi connectivity index (χ3n) is 7.45. The molecule has 182 valence electrons.